The molecule has 1 aliphatic heterocycles. The van der Waals surface area contributed by atoms with Crippen LogP contribution < -0.4 is 0 Å². The van der Waals surface area contributed by atoms with Gasteiger partial charge in [0.15, 0.2) is 0 Å². The van der Waals surface area contributed by atoms with Crippen molar-refractivity contribution in [2.24, 2.45) is 5.41 Å². The highest BCUT2D eigenvalue weighted by Crippen LogP contribution is 2.42. The number of amides is 1. The van der Waals surface area contributed by atoms with E-state index >= 15 is 0 Å². The van der Waals surface area contributed by atoms with E-state index in [1.54, 1.807) is 0 Å². The van der Waals surface area contributed by atoms with Crippen LogP contribution >= 0.6 is 6.89 Å². The smallest absolute Gasteiger partial charge is 0.227 e. The van der Waals surface area contributed by atoms with Gasteiger partial charge in [-0.15, -0.1) is 13.2 Å². The van der Waals surface area contributed by atoms with Crippen molar-refractivity contribution in [3.8, 4) is 0 Å². The second-order valence-electron chi connectivity index (χ2n) is 5.61. The van der Waals surface area contributed by atoms with Crippen molar-refractivity contribution in [2.75, 3.05) is 32.1 Å². The molecule has 0 atom stereocenters. The second-order valence-corrected chi connectivity index (χ2v) is 9.74. The van der Waals surface area contributed by atoms with Crippen molar-refractivity contribution in [1.29, 1.82) is 0 Å². The van der Waals surface area contributed by atoms with E-state index in [9.17, 15) is 4.79 Å². The molecule has 0 aliphatic carbocycles. The number of carbonyl (C=O) groups is 1. The standard InChI is InChI=1S/C11H22NOP/c1-11(2,3)10(13)12-6-8-14(4,5)9-7-12/h4,6-9H2,1-3,5H3. The Balaban J connectivity index is 2.59. The van der Waals surface area contributed by atoms with Crippen LogP contribution in [-0.2, 0) is 4.79 Å². The van der Waals surface area contributed by atoms with Crippen LogP contribution in [0.3, 0.4) is 0 Å². The van der Waals surface area contributed by atoms with E-state index in [2.05, 4.69) is 13.0 Å². The highest BCUT2D eigenvalue weighted by Gasteiger charge is 2.30. The first-order chi connectivity index (χ1) is 6.22. The monoisotopic (exact) mass is 215 g/mol. The fourth-order valence-electron chi connectivity index (χ4n) is 1.63. The van der Waals surface area contributed by atoms with E-state index < -0.39 is 6.89 Å². The van der Waals surface area contributed by atoms with Gasteiger partial charge in [0.25, 0.3) is 0 Å². The maximum Gasteiger partial charge on any atom is 0.227 e. The zero-order valence-corrected chi connectivity index (χ0v) is 10.7. The summed E-state index contributed by atoms with van der Waals surface area (Å²) in [4.78, 5) is 14.0. The molecule has 0 radical (unpaired) electrons. The number of rotatable bonds is 0. The van der Waals surface area contributed by atoms with Crippen LogP contribution in [0.5, 0.6) is 0 Å². The zero-order valence-electron chi connectivity index (χ0n) is 9.84. The Morgan fingerprint density at radius 3 is 2.07 bits per heavy atom. The van der Waals surface area contributed by atoms with E-state index in [1.807, 2.05) is 25.7 Å². The largest absolute Gasteiger partial charge is 0.342 e. The van der Waals surface area contributed by atoms with Gasteiger partial charge in [-0.3, -0.25) is 4.79 Å². The third kappa shape index (κ3) is 2.88. The molecular formula is C11H22NOP. The molecule has 0 aromatic carbocycles. The Kier molecular flexibility index (Phi) is 3.16. The highest BCUT2D eigenvalue weighted by molar-refractivity contribution is 7.73. The molecule has 0 unspecified atom stereocenters. The van der Waals surface area contributed by atoms with Crippen LogP contribution in [0.1, 0.15) is 20.8 Å². The van der Waals surface area contributed by atoms with Gasteiger partial charge >= 0.3 is 0 Å². The van der Waals surface area contributed by atoms with Crippen LogP contribution in [0, 0.1) is 5.41 Å². The molecule has 82 valence electrons. The van der Waals surface area contributed by atoms with E-state index in [4.69, 9.17) is 0 Å². The van der Waals surface area contributed by atoms with Crippen molar-refractivity contribution in [3.05, 3.63) is 0 Å². The van der Waals surface area contributed by atoms with Gasteiger partial charge in [-0.05, 0) is 19.0 Å². The molecule has 0 bridgehead atoms. The summed E-state index contributed by atoms with van der Waals surface area (Å²) in [5.41, 5.74) is -0.229. The number of nitrogens with zero attached hydrogens (tertiary/aromatic N) is 1. The SMILES string of the molecule is C=P1(C)CCN(C(=O)C(C)(C)C)CC1. The predicted molar refractivity (Wildman–Crippen MR) is 65.7 cm³/mol. The second kappa shape index (κ2) is 3.73. The van der Waals surface area contributed by atoms with Crippen LogP contribution in [0.15, 0.2) is 0 Å². The lowest BCUT2D eigenvalue weighted by atomic mass is 9.95. The fourth-order valence-corrected chi connectivity index (χ4v) is 3.30. The van der Waals surface area contributed by atoms with Gasteiger partial charge in [-0.1, -0.05) is 20.8 Å². The maximum absolute atomic E-state index is 11.9. The normalized spacial score (nSPS) is 22.1. The number of carbonyl (C=O) groups excluding carboxylic acids is 1. The van der Waals surface area contributed by atoms with Gasteiger partial charge in [0.2, 0.25) is 5.91 Å². The summed E-state index contributed by atoms with van der Waals surface area (Å²) in [7, 11) is 0. The molecule has 2 nitrogen and oxygen atoms in total. The van der Waals surface area contributed by atoms with Gasteiger partial charge in [-0.25, -0.2) is 0 Å². The summed E-state index contributed by atoms with van der Waals surface area (Å²) >= 11 is 0. The predicted octanol–water partition coefficient (Wildman–Crippen LogP) is 1.95. The van der Waals surface area contributed by atoms with E-state index in [0.29, 0.717) is 0 Å². The van der Waals surface area contributed by atoms with Crippen molar-refractivity contribution < 1.29 is 4.79 Å². The summed E-state index contributed by atoms with van der Waals surface area (Å²) in [6, 6.07) is 0. The molecule has 1 aliphatic rings. The lowest BCUT2D eigenvalue weighted by molar-refractivity contribution is -0.139. The lowest BCUT2D eigenvalue weighted by Crippen LogP contribution is -2.44. The van der Waals surface area contributed by atoms with Crippen LogP contribution in [0.25, 0.3) is 0 Å². The van der Waals surface area contributed by atoms with Crippen molar-refractivity contribution in [3.63, 3.8) is 0 Å². The minimum atomic E-state index is -0.910. The highest BCUT2D eigenvalue weighted by atomic mass is 31.2. The average molecular weight is 215 g/mol. The average Bonchev–Trinajstić information content (AvgIpc) is 2.01. The Bertz CT molecular complexity index is 266. The maximum atomic E-state index is 11.9. The first-order valence-corrected chi connectivity index (χ1v) is 8.00. The van der Waals surface area contributed by atoms with Gasteiger partial charge < -0.3 is 4.90 Å². The van der Waals surface area contributed by atoms with E-state index in [0.717, 1.165) is 25.4 Å². The Morgan fingerprint density at radius 1 is 1.29 bits per heavy atom. The lowest BCUT2D eigenvalue weighted by Gasteiger charge is -2.37. The number of hydrogen-bond acceptors (Lipinski definition) is 1. The van der Waals surface area contributed by atoms with Crippen LogP contribution in [-0.4, -0.2) is 49.2 Å². The molecule has 1 fully saturated rings. The van der Waals surface area contributed by atoms with Crippen molar-refractivity contribution in [1.82, 2.24) is 4.90 Å². The Labute approximate surface area is 87.6 Å². The third-order valence-electron chi connectivity index (χ3n) is 2.75. The van der Waals surface area contributed by atoms with E-state index in [-0.39, 0.29) is 11.3 Å². The summed E-state index contributed by atoms with van der Waals surface area (Å²) in [6.45, 7) is 9.18. The van der Waals surface area contributed by atoms with Gasteiger partial charge in [0.1, 0.15) is 0 Å². The quantitative estimate of drug-likeness (QED) is 0.566. The minimum absolute atomic E-state index is 0.229. The molecular weight excluding hydrogens is 193 g/mol. The summed E-state index contributed by atoms with van der Waals surface area (Å²) in [6.07, 6.45) is 6.53. The first kappa shape index (κ1) is 11.8. The minimum Gasteiger partial charge on any atom is -0.342 e. The molecule has 0 N–H and O–H groups in total. The molecule has 0 spiro atoms. The third-order valence-corrected chi connectivity index (χ3v) is 5.31. The van der Waals surface area contributed by atoms with Gasteiger partial charge in [0, 0.05) is 18.5 Å². The number of hydrogen-bond donors (Lipinski definition) is 0. The molecule has 14 heavy (non-hydrogen) atoms. The fraction of sp³-hybridized carbons (Fsp3) is 0.818. The molecule has 3 heteroatoms. The Morgan fingerprint density at radius 2 is 1.71 bits per heavy atom. The van der Waals surface area contributed by atoms with Gasteiger partial charge in [-0.2, -0.15) is 0 Å². The molecule has 1 amide bonds. The summed E-state index contributed by atoms with van der Waals surface area (Å²) in [5.74, 6) is 0.289. The summed E-state index contributed by atoms with van der Waals surface area (Å²) in [5, 5.41) is 0. The van der Waals surface area contributed by atoms with Crippen molar-refractivity contribution >= 4 is 19.1 Å². The van der Waals surface area contributed by atoms with E-state index in [1.165, 1.54) is 0 Å². The molecule has 1 saturated heterocycles. The van der Waals surface area contributed by atoms with Crippen LogP contribution in [0.4, 0.5) is 0 Å². The Hall–Kier alpha value is -0.230. The van der Waals surface area contributed by atoms with Gasteiger partial charge in [0.05, 0.1) is 0 Å². The summed E-state index contributed by atoms with van der Waals surface area (Å²) < 4.78 is 0. The molecule has 1 rings (SSSR count). The molecule has 0 saturated carbocycles. The molecule has 0 aromatic heterocycles. The van der Waals surface area contributed by atoms with Crippen molar-refractivity contribution in [2.45, 2.75) is 20.8 Å². The molecule has 0 aromatic rings. The van der Waals surface area contributed by atoms with Crippen LogP contribution in [0.2, 0.25) is 0 Å². The zero-order chi connectivity index (χ0) is 11.0. The molecule has 1 heterocycles. The topological polar surface area (TPSA) is 20.3 Å². The first-order valence-electron chi connectivity index (χ1n) is 5.21.